The molecule has 0 aromatic rings. The van der Waals surface area contributed by atoms with Crippen molar-refractivity contribution >= 4 is 11.1 Å². The fourth-order valence-electron chi connectivity index (χ4n) is 0. The van der Waals surface area contributed by atoms with Gasteiger partial charge in [0.1, 0.15) is 0 Å². The molecule has 0 aromatic heterocycles. The van der Waals surface area contributed by atoms with Crippen molar-refractivity contribution in [3.8, 4) is 0 Å². The van der Waals surface area contributed by atoms with Gasteiger partial charge < -0.3 is 4.55 Å². The van der Waals surface area contributed by atoms with Crippen LogP contribution in [0.15, 0.2) is 0 Å². The van der Waals surface area contributed by atoms with Crippen LogP contribution in [0.25, 0.3) is 0 Å². The first-order valence-electron chi connectivity index (χ1n) is 2.04. The van der Waals surface area contributed by atoms with E-state index in [0.717, 1.165) is 0 Å². The molecule has 0 aromatic carbocycles. The normalized spacial score (nSPS) is 14.5. The van der Waals surface area contributed by atoms with Crippen LogP contribution in [0.1, 0.15) is 20.8 Å². The van der Waals surface area contributed by atoms with Gasteiger partial charge in [-0.05, 0) is 31.9 Å². The van der Waals surface area contributed by atoms with Crippen molar-refractivity contribution in [2.45, 2.75) is 25.5 Å². The number of rotatable bonds is 0. The Morgan fingerprint density at radius 3 is 1.50 bits per heavy atom. The molecular formula is C4H9NaO2S. The molecule has 0 spiro atoms. The summed E-state index contributed by atoms with van der Waals surface area (Å²) in [5.41, 5.74) is 0. The SMILES string of the molecule is CC(C)(C)S(=O)[O-].[Na+]. The summed E-state index contributed by atoms with van der Waals surface area (Å²) >= 11 is -1.93. The van der Waals surface area contributed by atoms with Gasteiger partial charge in [-0.3, -0.25) is 4.21 Å². The molecule has 0 radical (unpaired) electrons. The van der Waals surface area contributed by atoms with Gasteiger partial charge in [0, 0.05) is 4.75 Å². The van der Waals surface area contributed by atoms with Crippen LogP contribution in [0.3, 0.4) is 0 Å². The van der Waals surface area contributed by atoms with Crippen LogP contribution in [0.2, 0.25) is 0 Å². The van der Waals surface area contributed by atoms with Crippen molar-refractivity contribution in [2.24, 2.45) is 0 Å². The maximum Gasteiger partial charge on any atom is 1.00 e. The average molecular weight is 144 g/mol. The van der Waals surface area contributed by atoms with Gasteiger partial charge >= 0.3 is 29.6 Å². The molecule has 2 nitrogen and oxygen atoms in total. The molecule has 0 N–H and O–H groups in total. The van der Waals surface area contributed by atoms with Gasteiger partial charge in [0.15, 0.2) is 0 Å². The molecule has 8 heavy (non-hydrogen) atoms. The molecule has 0 fully saturated rings. The molecule has 0 saturated carbocycles. The van der Waals surface area contributed by atoms with Crippen LogP contribution in [0.5, 0.6) is 0 Å². The Bertz CT molecular complexity index is 86.5. The molecule has 44 valence electrons. The van der Waals surface area contributed by atoms with Crippen LogP contribution in [0.4, 0.5) is 0 Å². The van der Waals surface area contributed by atoms with Crippen LogP contribution in [-0.4, -0.2) is 13.5 Å². The van der Waals surface area contributed by atoms with E-state index >= 15 is 0 Å². The summed E-state index contributed by atoms with van der Waals surface area (Å²) in [6, 6.07) is 0. The molecule has 1 atom stereocenters. The second-order valence-electron chi connectivity index (χ2n) is 2.35. The summed E-state index contributed by atoms with van der Waals surface area (Å²) in [6.07, 6.45) is 0. The van der Waals surface area contributed by atoms with E-state index < -0.39 is 15.8 Å². The second kappa shape index (κ2) is 4.01. The predicted octanol–water partition coefficient (Wildman–Crippen LogP) is -2.33. The first-order chi connectivity index (χ1) is 2.94. The van der Waals surface area contributed by atoms with E-state index in [4.69, 9.17) is 0 Å². The van der Waals surface area contributed by atoms with Gasteiger partial charge in [0.05, 0.1) is 0 Å². The molecule has 1 unspecified atom stereocenters. The Balaban J connectivity index is 0. The van der Waals surface area contributed by atoms with Crippen molar-refractivity contribution in [1.82, 2.24) is 0 Å². The van der Waals surface area contributed by atoms with Crippen LogP contribution >= 0.6 is 0 Å². The van der Waals surface area contributed by atoms with E-state index in [0.29, 0.717) is 0 Å². The third-order valence-corrected chi connectivity index (χ3v) is 1.50. The Hall–Kier alpha value is 1.11. The van der Waals surface area contributed by atoms with Crippen LogP contribution < -0.4 is 29.6 Å². The van der Waals surface area contributed by atoms with Gasteiger partial charge in [-0.25, -0.2) is 0 Å². The third kappa shape index (κ3) is 5.25. The van der Waals surface area contributed by atoms with Crippen molar-refractivity contribution in [2.75, 3.05) is 0 Å². The van der Waals surface area contributed by atoms with E-state index in [1.807, 2.05) is 0 Å². The molecular weight excluding hydrogens is 135 g/mol. The standard InChI is InChI=1S/C4H10O2S.Na/c1-4(2,3)7(5)6;/h1-3H3,(H,5,6);/q;+1/p-1. The molecule has 0 heterocycles. The minimum atomic E-state index is -1.93. The van der Waals surface area contributed by atoms with Crippen molar-refractivity contribution in [1.29, 1.82) is 0 Å². The van der Waals surface area contributed by atoms with Gasteiger partial charge in [0.2, 0.25) is 0 Å². The number of hydrogen-bond donors (Lipinski definition) is 0. The zero-order chi connectivity index (χ0) is 6.08. The minimum Gasteiger partial charge on any atom is -0.772 e. The molecule has 0 rings (SSSR count). The fourth-order valence-corrected chi connectivity index (χ4v) is 0. The summed E-state index contributed by atoms with van der Waals surface area (Å²) in [6.45, 7) is 4.95. The summed E-state index contributed by atoms with van der Waals surface area (Å²) < 4.78 is 19.5. The largest absolute Gasteiger partial charge is 1.00 e. The zero-order valence-electron chi connectivity index (χ0n) is 5.72. The quantitative estimate of drug-likeness (QED) is 0.282. The minimum absolute atomic E-state index is 0. The maximum atomic E-state index is 10.0. The Kier molecular flexibility index (Phi) is 5.94. The Morgan fingerprint density at radius 2 is 1.50 bits per heavy atom. The maximum absolute atomic E-state index is 10.0. The van der Waals surface area contributed by atoms with Crippen molar-refractivity contribution < 1.29 is 38.3 Å². The topological polar surface area (TPSA) is 40.1 Å². The summed E-state index contributed by atoms with van der Waals surface area (Å²) in [5, 5.41) is 0. The first kappa shape index (κ1) is 11.9. The Morgan fingerprint density at radius 1 is 1.38 bits per heavy atom. The molecule has 0 aliphatic heterocycles. The van der Waals surface area contributed by atoms with Gasteiger partial charge in [0.25, 0.3) is 0 Å². The molecule has 0 bridgehead atoms. The molecule has 0 amide bonds. The smallest absolute Gasteiger partial charge is 0.772 e. The van der Waals surface area contributed by atoms with Gasteiger partial charge in [-0.2, -0.15) is 0 Å². The van der Waals surface area contributed by atoms with Gasteiger partial charge in [-0.1, -0.05) is 0 Å². The monoisotopic (exact) mass is 144 g/mol. The Labute approximate surface area is 74.6 Å². The summed E-state index contributed by atoms with van der Waals surface area (Å²) in [4.78, 5) is 0. The molecule has 4 heteroatoms. The van der Waals surface area contributed by atoms with E-state index in [9.17, 15) is 8.76 Å². The summed E-state index contributed by atoms with van der Waals surface area (Å²) in [7, 11) is 0. The predicted molar refractivity (Wildman–Crippen MR) is 28.7 cm³/mol. The van der Waals surface area contributed by atoms with Gasteiger partial charge in [-0.15, -0.1) is 0 Å². The fraction of sp³-hybridized carbons (Fsp3) is 1.00. The second-order valence-corrected chi connectivity index (χ2v) is 4.04. The van der Waals surface area contributed by atoms with Crippen molar-refractivity contribution in [3.63, 3.8) is 0 Å². The van der Waals surface area contributed by atoms with E-state index in [1.54, 1.807) is 20.8 Å². The van der Waals surface area contributed by atoms with Crippen molar-refractivity contribution in [3.05, 3.63) is 0 Å². The van der Waals surface area contributed by atoms with E-state index in [1.165, 1.54) is 0 Å². The van der Waals surface area contributed by atoms with Crippen LogP contribution in [-0.2, 0) is 11.1 Å². The third-order valence-electron chi connectivity index (χ3n) is 0.500. The molecule has 0 aliphatic carbocycles. The first-order valence-corrected chi connectivity index (χ1v) is 3.11. The number of hydrogen-bond acceptors (Lipinski definition) is 2. The zero-order valence-corrected chi connectivity index (χ0v) is 8.54. The van der Waals surface area contributed by atoms with E-state index in [-0.39, 0.29) is 29.6 Å². The average Bonchev–Trinajstić information content (AvgIpc) is 1.31. The molecule has 0 saturated heterocycles. The van der Waals surface area contributed by atoms with E-state index in [2.05, 4.69) is 0 Å². The summed E-state index contributed by atoms with van der Waals surface area (Å²) in [5.74, 6) is 0. The molecule has 0 aliphatic rings. The van der Waals surface area contributed by atoms with Crippen LogP contribution in [0, 0.1) is 0 Å².